The molecule has 2 aromatic carbocycles. The van der Waals surface area contributed by atoms with Crippen molar-refractivity contribution in [2.45, 2.75) is 19.4 Å². The number of hydrogen-bond donors (Lipinski definition) is 3. The molecular weight excluding hydrogens is 537 g/mol. The summed E-state index contributed by atoms with van der Waals surface area (Å²) in [4.78, 5) is 24.0. The molecule has 0 saturated carbocycles. The first-order valence-electron chi connectivity index (χ1n) is 9.49. The van der Waals surface area contributed by atoms with Crippen molar-refractivity contribution in [3.63, 3.8) is 0 Å². The average Bonchev–Trinajstić information content (AvgIpc) is 3.21. The van der Waals surface area contributed by atoms with Crippen LogP contribution in [0, 0.1) is 9.49 Å². The summed E-state index contributed by atoms with van der Waals surface area (Å²) < 4.78 is 22.2. The number of amides is 1. The van der Waals surface area contributed by atoms with Crippen LogP contribution in [0.5, 0.6) is 17.2 Å². The van der Waals surface area contributed by atoms with E-state index >= 15 is 0 Å². The topological polar surface area (TPSA) is 103 Å². The first-order valence-corrected chi connectivity index (χ1v) is 11.2. The Kier molecular flexibility index (Phi) is 8.13. The molecule has 0 fully saturated rings. The first-order chi connectivity index (χ1) is 14.9. The maximum atomic E-state index is 12.6. The Balaban J connectivity index is 1.73. The minimum absolute atomic E-state index is 0.0100. The van der Waals surface area contributed by atoms with Crippen molar-refractivity contribution in [2.75, 3.05) is 24.5 Å². The Morgan fingerprint density at radius 2 is 2.00 bits per heavy atom. The van der Waals surface area contributed by atoms with E-state index in [1.165, 1.54) is 0 Å². The molecule has 8 nitrogen and oxygen atoms in total. The lowest BCUT2D eigenvalue weighted by Gasteiger charge is -2.25. The van der Waals surface area contributed by atoms with Crippen LogP contribution in [0.15, 0.2) is 36.4 Å². The fourth-order valence-corrected chi connectivity index (χ4v) is 3.64. The fraction of sp³-hybridized carbons (Fsp3) is 0.333. The molecule has 31 heavy (non-hydrogen) atoms. The van der Waals surface area contributed by atoms with Gasteiger partial charge in [0.05, 0.1) is 12.4 Å². The summed E-state index contributed by atoms with van der Waals surface area (Å²) in [5, 5.41) is 13.0. The monoisotopic (exact) mass is 559 g/mol. The van der Waals surface area contributed by atoms with E-state index in [1.807, 2.05) is 6.92 Å². The summed E-state index contributed by atoms with van der Waals surface area (Å²) in [5.41, 5.74) is 0.955. The van der Waals surface area contributed by atoms with Crippen molar-refractivity contribution in [3.8, 4) is 17.2 Å². The van der Waals surface area contributed by atoms with Gasteiger partial charge in [-0.3, -0.25) is 10.1 Å². The number of benzene rings is 2. The number of esters is 1. The lowest BCUT2D eigenvalue weighted by Crippen LogP contribution is -2.23. The largest absolute Gasteiger partial charge is 0.508 e. The molecule has 166 valence electrons. The summed E-state index contributed by atoms with van der Waals surface area (Å²) in [7, 11) is 0. The van der Waals surface area contributed by atoms with E-state index in [0.717, 1.165) is 3.57 Å². The smallest absolute Gasteiger partial charge is 0.412 e. The molecule has 3 rings (SSSR count). The number of phenols is 1. The number of ether oxygens (including phenoxy) is 4. The zero-order valence-electron chi connectivity index (χ0n) is 16.7. The number of phenolic OH excluding ortho intramolecular Hbond substituents is 1. The van der Waals surface area contributed by atoms with Crippen LogP contribution in [0.4, 0.5) is 10.5 Å². The number of nitrogens with one attached hydrogen (secondary N) is 1. The summed E-state index contributed by atoms with van der Waals surface area (Å²) in [6.07, 6.45) is -1.04. The van der Waals surface area contributed by atoms with Crippen LogP contribution >= 0.6 is 35.2 Å². The third-order valence-electron chi connectivity index (χ3n) is 4.63. The van der Waals surface area contributed by atoms with Gasteiger partial charge in [0.2, 0.25) is 6.79 Å². The van der Waals surface area contributed by atoms with Crippen LogP contribution in [0.1, 0.15) is 25.0 Å². The van der Waals surface area contributed by atoms with Crippen molar-refractivity contribution in [1.29, 1.82) is 0 Å². The van der Waals surface area contributed by atoms with Gasteiger partial charge in [-0.2, -0.15) is 12.6 Å². The summed E-state index contributed by atoms with van der Waals surface area (Å²) >= 11 is 6.00. The molecule has 0 aromatic heterocycles. The number of halogens is 1. The van der Waals surface area contributed by atoms with Crippen molar-refractivity contribution < 1.29 is 33.6 Å². The Hall–Kier alpha value is -2.34. The van der Waals surface area contributed by atoms with E-state index in [9.17, 15) is 14.7 Å². The summed E-state index contributed by atoms with van der Waals surface area (Å²) in [6.45, 7) is 2.13. The molecule has 1 heterocycles. The molecule has 1 aliphatic heterocycles. The minimum Gasteiger partial charge on any atom is -0.508 e. The number of thiol groups is 1. The van der Waals surface area contributed by atoms with Gasteiger partial charge in [-0.05, 0) is 59.3 Å². The van der Waals surface area contributed by atoms with Crippen LogP contribution in [-0.2, 0) is 14.3 Å². The quantitative estimate of drug-likeness (QED) is 0.249. The summed E-state index contributed by atoms with van der Waals surface area (Å²) in [6, 6.07) is 10.1. The number of rotatable bonds is 8. The second-order valence-corrected chi connectivity index (χ2v) is 8.43. The Morgan fingerprint density at radius 3 is 2.77 bits per heavy atom. The van der Waals surface area contributed by atoms with E-state index in [2.05, 4.69) is 40.5 Å². The standard InChI is InChI=1S/C21H22INO7S/c1-12(6-7-27-19(25)10-31)20(15-8-13(22)2-4-16(15)24)30-21(26)23-14-3-5-17-18(9-14)29-11-28-17/h2-5,8-9,12,20,24,31H,6-7,10-11H2,1H3,(H,23,26)/t12-,20+/m1/s1. The average molecular weight is 559 g/mol. The van der Waals surface area contributed by atoms with Crippen molar-refractivity contribution >= 4 is 53.0 Å². The molecule has 0 bridgehead atoms. The van der Waals surface area contributed by atoms with Crippen LogP contribution in [-0.4, -0.2) is 36.3 Å². The molecule has 10 heteroatoms. The van der Waals surface area contributed by atoms with Gasteiger partial charge in [-0.15, -0.1) is 0 Å². The lowest BCUT2D eigenvalue weighted by atomic mass is 9.94. The Labute approximate surface area is 198 Å². The highest BCUT2D eigenvalue weighted by atomic mass is 127. The zero-order valence-corrected chi connectivity index (χ0v) is 19.7. The number of hydrogen-bond acceptors (Lipinski definition) is 8. The van der Waals surface area contributed by atoms with Gasteiger partial charge < -0.3 is 24.1 Å². The van der Waals surface area contributed by atoms with Crippen LogP contribution in [0.3, 0.4) is 0 Å². The maximum absolute atomic E-state index is 12.6. The minimum atomic E-state index is -0.765. The van der Waals surface area contributed by atoms with Crippen molar-refractivity contribution in [3.05, 3.63) is 45.5 Å². The van der Waals surface area contributed by atoms with Gasteiger partial charge in [0, 0.05) is 26.8 Å². The SMILES string of the molecule is C[C@H](CCOC(=O)CS)[C@H](OC(=O)Nc1ccc2c(c1)OCO2)c1cc(I)ccc1O. The molecule has 1 aliphatic rings. The third kappa shape index (κ3) is 6.33. The zero-order chi connectivity index (χ0) is 22.4. The second kappa shape index (κ2) is 10.8. The van der Waals surface area contributed by atoms with Gasteiger partial charge in [0.15, 0.2) is 11.5 Å². The molecule has 2 N–H and O–H groups in total. The predicted molar refractivity (Wildman–Crippen MR) is 125 cm³/mol. The molecule has 0 saturated heterocycles. The lowest BCUT2D eigenvalue weighted by molar-refractivity contribution is -0.141. The third-order valence-corrected chi connectivity index (χ3v) is 5.56. The van der Waals surface area contributed by atoms with E-state index in [0.29, 0.717) is 29.2 Å². The molecule has 2 aromatic rings. The molecule has 0 unspecified atom stereocenters. The molecule has 0 spiro atoms. The molecular formula is C21H22INO7S. The van der Waals surface area contributed by atoms with Crippen molar-refractivity contribution in [2.24, 2.45) is 5.92 Å². The van der Waals surface area contributed by atoms with Crippen LogP contribution in [0.2, 0.25) is 0 Å². The summed E-state index contributed by atoms with van der Waals surface area (Å²) in [5.74, 6) is 0.462. The van der Waals surface area contributed by atoms with E-state index in [4.69, 9.17) is 18.9 Å². The number of fused-ring (bicyclic) bond motifs is 1. The van der Waals surface area contributed by atoms with Crippen LogP contribution < -0.4 is 14.8 Å². The van der Waals surface area contributed by atoms with Crippen LogP contribution in [0.25, 0.3) is 0 Å². The molecule has 1 amide bonds. The predicted octanol–water partition coefficient (Wildman–Crippen LogP) is 4.51. The normalized spacial score (nSPS) is 13.9. The van der Waals surface area contributed by atoms with Gasteiger partial charge in [-0.25, -0.2) is 4.79 Å². The number of carbonyl (C=O) groups excluding carboxylic acids is 2. The number of anilines is 1. The van der Waals surface area contributed by atoms with Gasteiger partial charge in [-0.1, -0.05) is 6.92 Å². The second-order valence-electron chi connectivity index (χ2n) is 6.87. The maximum Gasteiger partial charge on any atom is 0.412 e. The van der Waals surface area contributed by atoms with E-state index < -0.39 is 18.2 Å². The fourth-order valence-electron chi connectivity index (χ4n) is 3.03. The molecule has 0 radical (unpaired) electrons. The van der Waals surface area contributed by atoms with E-state index in [1.54, 1.807) is 36.4 Å². The Morgan fingerprint density at radius 1 is 1.23 bits per heavy atom. The highest BCUT2D eigenvalue weighted by Crippen LogP contribution is 2.37. The number of carbonyl (C=O) groups is 2. The van der Waals surface area contributed by atoms with Gasteiger partial charge in [0.25, 0.3) is 0 Å². The highest BCUT2D eigenvalue weighted by Gasteiger charge is 2.27. The first kappa shape index (κ1) is 23.3. The van der Waals surface area contributed by atoms with E-state index in [-0.39, 0.29) is 30.8 Å². The number of aromatic hydroxyl groups is 1. The molecule has 2 atom stereocenters. The Bertz CT molecular complexity index is 955. The molecule has 0 aliphatic carbocycles. The highest BCUT2D eigenvalue weighted by molar-refractivity contribution is 14.1. The van der Waals surface area contributed by atoms with Gasteiger partial charge in [0.1, 0.15) is 11.9 Å². The van der Waals surface area contributed by atoms with Gasteiger partial charge >= 0.3 is 12.1 Å². The van der Waals surface area contributed by atoms with Crippen molar-refractivity contribution in [1.82, 2.24) is 0 Å².